The average Bonchev–Trinajstić information content (AvgIpc) is 3.09. The summed E-state index contributed by atoms with van der Waals surface area (Å²) in [6, 6.07) is 0. The second kappa shape index (κ2) is 5.05. The predicted octanol–water partition coefficient (Wildman–Crippen LogP) is 2.05. The van der Waals surface area contributed by atoms with Gasteiger partial charge < -0.3 is 9.64 Å². The molecule has 0 aromatic heterocycles. The smallest absolute Gasteiger partial charge is 0.308 e. The highest BCUT2D eigenvalue weighted by atomic mass is 79.9. The molecule has 1 aliphatic carbocycles. The number of esters is 1. The van der Waals surface area contributed by atoms with Crippen LogP contribution in [0.3, 0.4) is 0 Å². The third kappa shape index (κ3) is 2.77. The number of nitrogens with zero attached hydrogens (tertiary/aromatic N) is 1. The van der Waals surface area contributed by atoms with Gasteiger partial charge in [0.1, 0.15) is 0 Å². The Balaban J connectivity index is 1.75. The minimum absolute atomic E-state index is 0.0266. The van der Waals surface area contributed by atoms with E-state index < -0.39 is 0 Å². The molecule has 92 valence electrons. The van der Waals surface area contributed by atoms with Gasteiger partial charge in [0, 0.05) is 11.9 Å². The van der Waals surface area contributed by atoms with Gasteiger partial charge in [0.2, 0.25) is 0 Å². The first-order valence-corrected chi connectivity index (χ1v) is 7.17. The van der Waals surface area contributed by atoms with Gasteiger partial charge in [-0.15, -0.1) is 0 Å². The van der Waals surface area contributed by atoms with Crippen molar-refractivity contribution in [2.24, 2.45) is 11.3 Å². The number of likely N-dealkylation sites (tertiary alicyclic amines) is 1. The zero-order valence-electron chi connectivity index (χ0n) is 9.88. The van der Waals surface area contributed by atoms with Gasteiger partial charge in [-0.05, 0) is 44.2 Å². The van der Waals surface area contributed by atoms with Crippen molar-refractivity contribution in [1.82, 2.24) is 4.90 Å². The van der Waals surface area contributed by atoms with Gasteiger partial charge in [0.25, 0.3) is 0 Å². The van der Waals surface area contributed by atoms with E-state index in [9.17, 15) is 4.79 Å². The van der Waals surface area contributed by atoms with Crippen molar-refractivity contribution in [3.05, 3.63) is 0 Å². The SMILES string of the molecule is COC(=O)C1CCN(CC2(CBr)CC2)CC1. The number of ether oxygens (including phenoxy) is 1. The highest BCUT2D eigenvalue weighted by molar-refractivity contribution is 9.09. The molecule has 0 spiro atoms. The third-order valence-corrected chi connectivity index (χ3v) is 5.11. The largest absolute Gasteiger partial charge is 0.469 e. The van der Waals surface area contributed by atoms with E-state index in [-0.39, 0.29) is 11.9 Å². The first-order chi connectivity index (χ1) is 7.69. The van der Waals surface area contributed by atoms with E-state index in [1.54, 1.807) is 0 Å². The molecule has 2 fully saturated rings. The van der Waals surface area contributed by atoms with E-state index in [0.717, 1.165) is 31.3 Å². The standard InChI is InChI=1S/C12H20BrNO2/c1-16-11(15)10-2-6-14(7-3-10)9-12(8-13)4-5-12/h10H,2-9H2,1H3. The Kier molecular flexibility index (Phi) is 3.90. The molecule has 1 heterocycles. The van der Waals surface area contributed by atoms with Crippen molar-refractivity contribution in [2.75, 3.05) is 32.1 Å². The average molecular weight is 290 g/mol. The summed E-state index contributed by atoms with van der Waals surface area (Å²) in [7, 11) is 1.48. The van der Waals surface area contributed by atoms with Crippen LogP contribution in [0.1, 0.15) is 25.7 Å². The van der Waals surface area contributed by atoms with Crippen molar-refractivity contribution in [3.63, 3.8) is 0 Å². The lowest BCUT2D eigenvalue weighted by atomic mass is 9.96. The lowest BCUT2D eigenvalue weighted by molar-refractivity contribution is -0.147. The Bertz CT molecular complexity index is 258. The number of methoxy groups -OCH3 is 1. The maximum atomic E-state index is 11.4. The number of halogens is 1. The minimum Gasteiger partial charge on any atom is -0.469 e. The number of alkyl halides is 1. The summed E-state index contributed by atoms with van der Waals surface area (Å²) in [5.74, 6) is 0.113. The van der Waals surface area contributed by atoms with E-state index in [2.05, 4.69) is 20.8 Å². The monoisotopic (exact) mass is 289 g/mol. The number of rotatable bonds is 4. The van der Waals surface area contributed by atoms with Crippen LogP contribution in [0, 0.1) is 11.3 Å². The molecule has 1 saturated heterocycles. The van der Waals surface area contributed by atoms with Crippen molar-refractivity contribution in [1.29, 1.82) is 0 Å². The fraction of sp³-hybridized carbons (Fsp3) is 0.917. The molecule has 16 heavy (non-hydrogen) atoms. The summed E-state index contributed by atoms with van der Waals surface area (Å²) < 4.78 is 4.79. The van der Waals surface area contributed by atoms with E-state index in [1.165, 1.54) is 26.5 Å². The maximum absolute atomic E-state index is 11.4. The summed E-state index contributed by atoms with van der Waals surface area (Å²) in [6.45, 7) is 3.30. The molecule has 1 aliphatic heterocycles. The Morgan fingerprint density at radius 3 is 2.50 bits per heavy atom. The van der Waals surface area contributed by atoms with Crippen LogP contribution in [0.15, 0.2) is 0 Å². The third-order valence-electron chi connectivity index (χ3n) is 3.92. The molecular formula is C12H20BrNO2. The zero-order chi connectivity index (χ0) is 11.6. The number of piperidine rings is 1. The van der Waals surface area contributed by atoms with Crippen molar-refractivity contribution < 1.29 is 9.53 Å². The van der Waals surface area contributed by atoms with E-state index in [1.807, 2.05) is 0 Å². The number of hydrogen-bond acceptors (Lipinski definition) is 3. The molecule has 0 bridgehead atoms. The molecule has 0 N–H and O–H groups in total. The fourth-order valence-corrected chi connectivity index (χ4v) is 3.22. The second-order valence-corrected chi connectivity index (χ2v) is 5.77. The van der Waals surface area contributed by atoms with Crippen molar-refractivity contribution in [2.45, 2.75) is 25.7 Å². The Morgan fingerprint density at radius 1 is 1.44 bits per heavy atom. The van der Waals surface area contributed by atoms with Crippen LogP contribution in [0.4, 0.5) is 0 Å². The summed E-state index contributed by atoms with van der Waals surface area (Å²) in [5, 5.41) is 1.12. The van der Waals surface area contributed by atoms with Crippen LogP contribution in [-0.4, -0.2) is 42.9 Å². The first-order valence-electron chi connectivity index (χ1n) is 6.05. The Morgan fingerprint density at radius 2 is 2.06 bits per heavy atom. The van der Waals surface area contributed by atoms with Gasteiger partial charge in [0.05, 0.1) is 13.0 Å². The van der Waals surface area contributed by atoms with Crippen LogP contribution >= 0.6 is 15.9 Å². The summed E-state index contributed by atoms with van der Waals surface area (Å²) in [6.07, 6.45) is 4.64. The summed E-state index contributed by atoms with van der Waals surface area (Å²) in [5.41, 5.74) is 0.554. The van der Waals surface area contributed by atoms with E-state index in [0.29, 0.717) is 5.41 Å². The van der Waals surface area contributed by atoms with Gasteiger partial charge in [-0.2, -0.15) is 0 Å². The zero-order valence-corrected chi connectivity index (χ0v) is 11.5. The van der Waals surface area contributed by atoms with Gasteiger partial charge in [-0.25, -0.2) is 0 Å². The second-order valence-electron chi connectivity index (χ2n) is 5.21. The number of hydrogen-bond donors (Lipinski definition) is 0. The quantitative estimate of drug-likeness (QED) is 0.586. The lowest BCUT2D eigenvalue weighted by Gasteiger charge is -2.32. The predicted molar refractivity (Wildman–Crippen MR) is 66.6 cm³/mol. The molecule has 3 nitrogen and oxygen atoms in total. The molecule has 0 atom stereocenters. The van der Waals surface area contributed by atoms with Crippen LogP contribution < -0.4 is 0 Å². The highest BCUT2D eigenvalue weighted by Crippen LogP contribution is 2.47. The van der Waals surface area contributed by atoms with Crippen molar-refractivity contribution >= 4 is 21.9 Å². The number of carbonyl (C=O) groups is 1. The Labute approximate surface area is 106 Å². The van der Waals surface area contributed by atoms with E-state index in [4.69, 9.17) is 4.74 Å². The molecule has 0 radical (unpaired) electrons. The van der Waals surface area contributed by atoms with Crippen LogP contribution in [-0.2, 0) is 9.53 Å². The molecule has 0 amide bonds. The first kappa shape index (κ1) is 12.4. The van der Waals surface area contributed by atoms with Gasteiger partial charge in [-0.1, -0.05) is 15.9 Å². The summed E-state index contributed by atoms with van der Waals surface area (Å²) >= 11 is 3.61. The Hall–Kier alpha value is -0.0900. The highest BCUT2D eigenvalue weighted by Gasteiger charge is 2.43. The van der Waals surface area contributed by atoms with Crippen molar-refractivity contribution in [3.8, 4) is 0 Å². The topological polar surface area (TPSA) is 29.5 Å². The van der Waals surface area contributed by atoms with Gasteiger partial charge in [-0.3, -0.25) is 4.79 Å². The molecule has 2 rings (SSSR count). The van der Waals surface area contributed by atoms with Gasteiger partial charge >= 0.3 is 5.97 Å². The maximum Gasteiger partial charge on any atom is 0.308 e. The van der Waals surface area contributed by atoms with Gasteiger partial charge in [0.15, 0.2) is 0 Å². The summed E-state index contributed by atoms with van der Waals surface area (Å²) in [4.78, 5) is 13.9. The minimum atomic E-state index is -0.0266. The van der Waals surface area contributed by atoms with Crippen LogP contribution in [0.5, 0.6) is 0 Å². The lowest BCUT2D eigenvalue weighted by Crippen LogP contribution is -2.40. The molecule has 2 aliphatic rings. The molecule has 0 aromatic carbocycles. The molecular weight excluding hydrogens is 270 g/mol. The molecule has 4 heteroatoms. The molecule has 1 saturated carbocycles. The van der Waals surface area contributed by atoms with Crippen LogP contribution in [0.2, 0.25) is 0 Å². The fourth-order valence-electron chi connectivity index (χ4n) is 2.48. The van der Waals surface area contributed by atoms with E-state index >= 15 is 0 Å². The van der Waals surface area contributed by atoms with Crippen LogP contribution in [0.25, 0.3) is 0 Å². The molecule has 0 aromatic rings. The normalized spacial score (nSPS) is 25.4. The molecule has 0 unspecified atom stereocenters. The number of carbonyl (C=O) groups excluding carboxylic acids is 1.